The van der Waals surface area contributed by atoms with Crippen molar-refractivity contribution in [1.82, 2.24) is 10.1 Å². The van der Waals surface area contributed by atoms with Gasteiger partial charge in [-0.05, 0) is 49.7 Å². The molecule has 1 aliphatic heterocycles. The number of urea groups is 1. The molecule has 30 heavy (non-hydrogen) atoms. The molecule has 0 saturated heterocycles. The normalized spacial score (nSPS) is 15.6. The van der Waals surface area contributed by atoms with Crippen LogP contribution in [0.15, 0.2) is 40.9 Å². The fraction of sp³-hybridized carbons (Fsp3) is 0.273. The molecule has 3 aromatic rings. The average molecular weight is 413 g/mol. The summed E-state index contributed by atoms with van der Waals surface area (Å²) in [6, 6.07) is 9.22. The number of benzene rings is 2. The molecule has 4 rings (SSSR count). The molecule has 1 N–H and O–H groups in total. The van der Waals surface area contributed by atoms with Crippen LogP contribution < -0.4 is 10.1 Å². The minimum atomic E-state index is -1.000. The van der Waals surface area contributed by atoms with Crippen molar-refractivity contribution in [3.63, 3.8) is 0 Å². The third-order valence-corrected chi connectivity index (χ3v) is 5.29. The summed E-state index contributed by atoms with van der Waals surface area (Å²) in [5, 5.41) is 6.84. The molecule has 0 spiro atoms. The van der Waals surface area contributed by atoms with Crippen molar-refractivity contribution in [3.05, 3.63) is 64.9 Å². The molecule has 2 amide bonds. The second kappa shape index (κ2) is 7.78. The van der Waals surface area contributed by atoms with Gasteiger partial charge in [-0.3, -0.25) is 0 Å². The van der Waals surface area contributed by atoms with Crippen LogP contribution >= 0.6 is 0 Å². The molecule has 0 aliphatic carbocycles. The Morgan fingerprint density at radius 3 is 2.67 bits per heavy atom. The van der Waals surface area contributed by atoms with Gasteiger partial charge in [-0.15, -0.1) is 0 Å². The first-order valence-electron chi connectivity index (χ1n) is 9.52. The highest BCUT2D eigenvalue weighted by Gasteiger charge is 2.32. The van der Waals surface area contributed by atoms with Crippen LogP contribution in [-0.2, 0) is 13.0 Å². The smallest absolute Gasteiger partial charge is 0.322 e. The Balaban J connectivity index is 1.58. The highest BCUT2D eigenvalue weighted by molar-refractivity contribution is 5.90. The molecule has 2 heterocycles. The lowest BCUT2D eigenvalue weighted by Crippen LogP contribution is -2.44. The van der Waals surface area contributed by atoms with Crippen LogP contribution in [0.2, 0.25) is 0 Å². The van der Waals surface area contributed by atoms with Crippen molar-refractivity contribution < 1.29 is 22.8 Å². The van der Waals surface area contributed by atoms with E-state index in [-0.39, 0.29) is 23.8 Å². The zero-order chi connectivity index (χ0) is 21.4. The Labute approximate surface area is 172 Å². The van der Waals surface area contributed by atoms with Gasteiger partial charge in [0.25, 0.3) is 0 Å². The third-order valence-electron chi connectivity index (χ3n) is 5.29. The Bertz CT molecular complexity index is 1070. The fourth-order valence-electron chi connectivity index (χ4n) is 3.62. The van der Waals surface area contributed by atoms with Crippen LogP contribution in [0.4, 0.5) is 19.3 Å². The van der Waals surface area contributed by atoms with Gasteiger partial charge >= 0.3 is 6.03 Å². The number of methoxy groups -OCH3 is 1. The molecule has 156 valence electrons. The number of hydrogen-bond acceptors (Lipinski definition) is 4. The number of nitrogens with one attached hydrogen (secondary N) is 1. The Kier molecular flexibility index (Phi) is 5.15. The van der Waals surface area contributed by atoms with E-state index in [1.165, 1.54) is 13.0 Å². The van der Waals surface area contributed by atoms with Crippen LogP contribution in [0, 0.1) is 18.6 Å². The Morgan fingerprint density at radius 1 is 1.27 bits per heavy atom. The summed E-state index contributed by atoms with van der Waals surface area (Å²) >= 11 is 0. The second-order valence-electron chi connectivity index (χ2n) is 7.37. The van der Waals surface area contributed by atoms with E-state index < -0.39 is 17.7 Å². The Morgan fingerprint density at radius 2 is 2.00 bits per heavy atom. The highest BCUT2D eigenvalue weighted by Crippen LogP contribution is 2.33. The van der Waals surface area contributed by atoms with E-state index in [0.717, 1.165) is 28.6 Å². The van der Waals surface area contributed by atoms with E-state index in [2.05, 4.69) is 10.5 Å². The predicted octanol–water partition coefficient (Wildman–Crippen LogP) is 4.92. The fourth-order valence-corrected chi connectivity index (χ4v) is 3.62. The number of aromatic nitrogens is 1. The SMILES string of the molecule is COc1ccc(-c2onc3c2CN(C(=O)Nc2cc(C)c(F)c(F)c2)C(C)C3)cc1. The van der Waals surface area contributed by atoms with Crippen molar-refractivity contribution in [3.8, 4) is 17.1 Å². The van der Waals surface area contributed by atoms with E-state index >= 15 is 0 Å². The lowest BCUT2D eigenvalue weighted by molar-refractivity contribution is 0.182. The molecule has 0 bridgehead atoms. The van der Waals surface area contributed by atoms with Crippen molar-refractivity contribution in [2.75, 3.05) is 12.4 Å². The number of carbonyl (C=O) groups is 1. The number of aryl methyl sites for hydroxylation is 1. The zero-order valence-electron chi connectivity index (χ0n) is 16.8. The predicted molar refractivity (Wildman–Crippen MR) is 107 cm³/mol. The van der Waals surface area contributed by atoms with Crippen LogP contribution in [-0.4, -0.2) is 29.2 Å². The van der Waals surface area contributed by atoms with E-state index in [1.807, 2.05) is 31.2 Å². The number of fused-ring (bicyclic) bond motifs is 1. The lowest BCUT2D eigenvalue weighted by Gasteiger charge is -2.32. The van der Waals surface area contributed by atoms with Crippen molar-refractivity contribution >= 4 is 11.7 Å². The number of anilines is 1. The monoisotopic (exact) mass is 413 g/mol. The van der Waals surface area contributed by atoms with Crippen LogP contribution in [0.1, 0.15) is 23.7 Å². The topological polar surface area (TPSA) is 67.6 Å². The summed E-state index contributed by atoms with van der Waals surface area (Å²) in [5.41, 5.74) is 2.79. The molecule has 1 aromatic heterocycles. The number of ether oxygens (including phenoxy) is 1. The first-order valence-corrected chi connectivity index (χ1v) is 9.52. The van der Waals surface area contributed by atoms with Gasteiger partial charge in [0.15, 0.2) is 17.4 Å². The van der Waals surface area contributed by atoms with Gasteiger partial charge in [-0.2, -0.15) is 0 Å². The summed E-state index contributed by atoms with van der Waals surface area (Å²) < 4.78 is 38.0. The van der Waals surface area contributed by atoms with E-state index in [1.54, 1.807) is 12.0 Å². The average Bonchev–Trinajstić information content (AvgIpc) is 3.14. The van der Waals surface area contributed by atoms with E-state index in [0.29, 0.717) is 12.2 Å². The quantitative estimate of drug-likeness (QED) is 0.662. The lowest BCUT2D eigenvalue weighted by atomic mass is 9.97. The Hall–Kier alpha value is -3.42. The van der Waals surface area contributed by atoms with Crippen molar-refractivity contribution in [1.29, 1.82) is 0 Å². The maximum Gasteiger partial charge on any atom is 0.322 e. The molecule has 1 atom stereocenters. The highest BCUT2D eigenvalue weighted by atomic mass is 19.2. The second-order valence-corrected chi connectivity index (χ2v) is 7.37. The van der Waals surface area contributed by atoms with Gasteiger partial charge in [0, 0.05) is 35.3 Å². The number of carbonyl (C=O) groups excluding carboxylic acids is 1. The summed E-state index contributed by atoms with van der Waals surface area (Å²) in [6.45, 7) is 3.64. The van der Waals surface area contributed by atoms with Gasteiger partial charge in [0.05, 0.1) is 19.3 Å². The number of rotatable bonds is 3. The minimum Gasteiger partial charge on any atom is -0.497 e. The zero-order valence-corrected chi connectivity index (χ0v) is 16.8. The molecule has 0 radical (unpaired) electrons. The molecule has 1 unspecified atom stereocenters. The molecular weight excluding hydrogens is 392 g/mol. The minimum absolute atomic E-state index is 0.125. The first-order chi connectivity index (χ1) is 14.4. The van der Waals surface area contributed by atoms with Gasteiger partial charge < -0.3 is 19.5 Å². The number of hydrogen-bond donors (Lipinski definition) is 1. The maximum absolute atomic E-state index is 13.7. The molecule has 0 fully saturated rings. The summed E-state index contributed by atoms with van der Waals surface area (Å²) in [5.74, 6) is -0.595. The molecule has 6 nitrogen and oxygen atoms in total. The standard InChI is InChI=1S/C22H21F2N3O3/c1-12-8-15(10-18(23)20(12)24)25-22(28)27-11-17-19(9-13(27)2)26-30-21(17)14-4-6-16(29-3)7-5-14/h4-8,10,13H,9,11H2,1-3H3,(H,25,28). The summed E-state index contributed by atoms with van der Waals surface area (Å²) in [6.07, 6.45) is 0.527. The van der Waals surface area contributed by atoms with Crippen LogP contribution in [0.25, 0.3) is 11.3 Å². The number of amides is 2. The van der Waals surface area contributed by atoms with E-state index in [9.17, 15) is 13.6 Å². The number of halogens is 2. The molecule has 1 aliphatic rings. The number of nitrogens with zero attached hydrogens (tertiary/aromatic N) is 2. The molecule has 8 heteroatoms. The van der Waals surface area contributed by atoms with E-state index in [4.69, 9.17) is 9.26 Å². The third kappa shape index (κ3) is 3.60. The molecular formula is C22H21F2N3O3. The van der Waals surface area contributed by atoms with Crippen molar-refractivity contribution in [2.45, 2.75) is 32.9 Å². The summed E-state index contributed by atoms with van der Waals surface area (Å²) in [7, 11) is 1.59. The van der Waals surface area contributed by atoms with Gasteiger partial charge in [-0.25, -0.2) is 13.6 Å². The first kappa shape index (κ1) is 19.9. The summed E-state index contributed by atoms with van der Waals surface area (Å²) in [4.78, 5) is 14.5. The van der Waals surface area contributed by atoms with Crippen LogP contribution in [0.5, 0.6) is 5.75 Å². The maximum atomic E-state index is 13.7. The molecule has 2 aromatic carbocycles. The van der Waals surface area contributed by atoms with Gasteiger partial charge in [0.2, 0.25) is 0 Å². The van der Waals surface area contributed by atoms with Crippen molar-refractivity contribution in [2.24, 2.45) is 0 Å². The largest absolute Gasteiger partial charge is 0.497 e. The molecule has 0 saturated carbocycles. The van der Waals surface area contributed by atoms with Gasteiger partial charge in [0.1, 0.15) is 5.75 Å². The van der Waals surface area contributed by atoms with Gasteiger partial charge in [-0.1, -0.05) is 5.16 Å². The van der Waals surface area contributed by atoms with Crippen LogP contribution in [0.3, 0.4) is 0 Å².